The molecule has 138 valence electrons. The second kappa shape index (κ2) is 9.24. The van der Waals surface area contributed by atoms with Gasteiger partial charge in [0.1, 0.15) is 11.9 Å². The molecule has 0 aromatic heterocycles. The zero-order valence-electron chi connectivity index (χ0n) is 13.6. The highest BCUT2D eigenvalue weighted by Crippen LogP contribution is 2.29. The van der Waals surface area contributed by atoms with Crippen molar-refractivity contribution in [1.29, 1.82) is 0 Å². The van der Waals surface area contributed by atoms with Gasteiger partial charge in [-0.15, -0.1) is 0 Å². The maximum atomic E-state index is 12.0. The maximum absolute atomic E-state index is 12.0. The number of rotatable bonds is 7. The van der Waals surface area contributed by atoms with E-state index in [9.17, 15) is 14.7 Å². The Kier molecular flexibility index (Phi) is 7.29. The number of esters is 1. The summed E-state index contributed by atoms with van der Waals surface area (Å²) in [7, 11) is 1.17. The fourth-order valence-electron chi connectivity index (χ4n) is 2.22. The third kappa shape index (κ3) is 5.61. The van der Waals surface area contributed by atoms with Gasteiger partial charge in [0, 0.05) is 28.6 Å². The summed E-state index contributed by atoms with van der Waals surface area (Å²) in [5.41, 5.74) is 1.43. The number of carboxylic acids is 1. The minimum absolute atomic E-state index is 0.210. The molecule has 0 saturated carbocycles. The lowest BCUT2D eigenvalue weighted by molar-refractivity contribution is -0.316. The van der Waals surface area contributed by atoms with Crippen molar-refractivity contribution < 1.29 is 24.2 Å². The van der Waals surface area contributed by atoms with Crippen molar-refractivity contribution in [2.75, 3.05) is 7.11 Å². The van der Waals surface area contributed by atoms with Crippen molar-refractivity contribution in [3.8, 4) is 5.75 Å². The Morgan fingerprint density at radius 3 is 2.23 bits per heavy atom. The largest absolute Gasteiger partial charge is 0.547 e. The lowest BCUT2D eigenvalue weighted by Crippen LogP contribution is -2.39. The summed E-state index contributed by atoms with van der Waals surface area (Å²) in [6.45, 7) is 0. The van der Waals surface area contributed by atoms with Gasteiger partial charge in [-0.2, -0.15) is 0 Å². The molecule has 0 radical (unpaired) electrons. The maximum Gasteiger partial charge on any atom is 0.314 e. The van der Waals surface area contributed by atoms with Crippen LogP contribution in [0.5, 0.6) is 5.75 Å². The SMILES string of the molecule is COC(CC(=O)Oc1cc(Cl)ccc1Cc1ccc(Cl)cc1Cl)C(=O)[O-]. The second-order valence-corrected chi connectivity index (χ2v) is 6.67. The molecule has 8 heteroatoms. The van der Waals surface area contributed by atoms with Crippen LogP contribution in [0.4, 0.5) is 0 Å². The molecule has 0 aliphatic heterocycles. The van der Waals surface area contributed by atoms with Gasteiger partial charge in [-0.1, -0.05) is 46.9 Å². The van der Waals surface area contributed by atoms with E-state index in [0.29, 0.717) is 27.1 Å². The summed E-state index contributed by atoms with van der Waals surface area (Å²) < 4.78 is 9.96. The van der Waals surface area contributed by atoms with E-state index in [0.717, 1.165) is 5.56 Å². The van der Waals surface area contributed by atoms with Crippen LogP contribution >= 0.6 is 34.8 Å². The van der Waals surface area contributed by atoms with E-state index in [1.807, 2.05) is 0 Å². The molecule has 0 spiro atoms. The first kappa shape index (κ1) is 20.5. The van der Waals surface area contributed by atoms with E-state index in [1.54, 1.807) is 30.3 Å². The molecular formula is C18H14Cl3O5-. The van der Waals surface area contributed by atoms with Gasteiger partial charge in [-0.25, -0.2) is 0 Å². The van der Waals surface area contributed by atoms with Crippen molar-refractivity contribution >= 4 is 46.7 Å². The third-order valence-electron chi connectivity index (χ3n) is 3.55. The Balaban J connectivity index is 2.21. The summed E-state index contributed by atoms with van der Waals surface area (Å²) in [6.07, 6.45) is -1.52. The van der Waals surface area contributed by atoms with Crippen LogP contribution < -0.4 is 9.84 Å². The van der Waals surface area contributed by atoms with Crippen LogP contribution in [0.15, 0.2) is 36.4 Å². The number of benzene rings is 2. The first-order valence-electron chi connectivity index (χ1n) is 7.47. The molecule has 2 rings (SSSR count). The van der Waals surface area contributed by atoms with Gasteiger partial charge in [0.05, 0.1) is 12.4 Å². The summed E-state index contributed by atoms with van der Waals surface area (Å²) >= 11 is 18.1. The summed E-state index contributed by atoms with van der Waals surface area (Å²) in [5.74, 6) is -2.07. The van der Waals surface area contributed by atoms with Gasteiger partial charge in [-0.3, -0.25) is 4.79 Å². The standard InChI is InChI=1S/C18H15Cl3O5/c1-25-16(18(23)24)9-17(22)26-15-8-13(20)5-3-11(15)6-10-2-4-12(19)7-14(10)21/h2-5,7-8,16H,6,9H2,1H3,(H,23,24)/p-1. The van der Waals surface area contributed by atoms with Gasteiger partial charge < -0.3 is 19.4 Å². The van der Waals surface area contributed by atoms with E-state index in [-0.39, 0.29) is 5.75 Å². The first-order valence-corrected chi connectivity index (χ1v) is 8.60. The number of hydrogen-bond donors (Lipinski definition) is 0. The second-order valence-electron chi connectivity index (χ2n) is 5.39. The van der Waals surface area contributed by atoms with Gasteiger partial charge in [0.15, 0.2) is 0 Å². The summed E-state index contributed by atoms with van der Waals surface area (Å²) in [4.78, 5) is 22.9. The van der Waals surface area contributed by atoms with Crippen molar-refractivity contribution in [2.24, 2.45) is 0 Å². The Bertz CT molecular complexity index is 822. The monoisotopic (exact) mass is 415 g/mol. The summed E-state index contributed by atoms with van der Waals surface area (Å²) in [5, 5.41) is 12.2. The van der Waals surface area contributed by atoms with Gasteiger partial charge >= 0.3 is 5.97 Å². The lowest BCUT2D eigenvalue weighted by atomic mass is 10.0. The quantitative estimate of drug-likeness (QED) is 0.511. The molecular weight excluding hydrogens is 403 g/mol. The van der Waals surface area contributed by atoms with Gasteiger partial charge in [0.25, 0.3) is 0 Å². The van der Waals surface area contributed by atoms with Crippen LogP contribution in [0.25, 0.3) is 0 Å². The molecule has 1 atom stereocenters. The molecule has 0 aliphatic rings. The van der Waals surface area contributed by atoms with Crippen LogP contribution in [0.3, 0.4) is 0 Å². The van der Waals surface area contributed by atoms with Crippen LogP contribution in [0.2, 0.25) is 15.1 Å². The predicted molar refractivity (Wildman–Crippen MR) is 96.8 cm³/mol. The number of carbonyl (C=O) groups excluding carboxylic acids is 2. The van der Waals surface area contributed by atoms with E-state index < -0.39 is 24.5 Å². The minimum atomic E-state index is -1.50. The highest BCUT2D eigenvalue weighted by Gasteiger charge is 2.18. The number of carbonyl (C=O) groups is 2. The average molecular weight is 417 g/mol. The average Bonchev–Trinajstić information content (AvgIpc) is 2.57. The number of halogens is 3. The summed E-state index contributed by atoms with van der Waals surface area (Å²) in [6, 6.07) is 9.90. The molecule has 1 unspecified atom stereocenters. The number of aliphatic carboxylic acids is 1. The smallest absolute Gasteiger partial charge is 0.314 e. The molecule has 0 heterocycles. The topological polar surface area (TPSA) is 75.7 Å². The Morgan fingerprint density at radius 2 is 1.65 bits per heavy atom. The molecule has 0 fully saturated rings. The van der Waals surface area contributed by atoms with E-state index >= 15 is 0 Å². The van der Waals surface area contributed by atoms with E-state index in [2.05, 4.69) is 4.74 Å². The Hall–Kier alpha value is -1.79. The zero-order chi connectivity index (χ0) is 19.3. The normalized spacial score (nSPS) is 11.8. The number of hydrogen-bond acceptors (Lipinski definition) is 5. The molecule has 0 aliphatic carbocycles. The third-order valence-corrected chi connectivity index (χ3v) is 4.37. The fraction of sp³-hybridized carbons (Fsp3) is 0.222. The number of methoxy groups -OCH3 is 1. The number of carboxylic acid groups (broad SMARTS) is 1. The zero-order valence-corrected chi connectivity index (χ0v) is 15.9. The highest BCUT2D eigenvalue weighted by atomic mass is 35.5. The van der Waals surface area contributed by atoms with Crippen LogP contribution in [0.1, 0.15) is 17.5 Å². The highest BCUT2D eigenvalue weighted by molar-refractivity contribution is 6.35. The Labute approximate surface area is 165 Å². The first-order chi connectivity index (χ1) is 12.3. The van der Waals surface area contributed by atoms with Crippen LogP contribution in [-0.4, -0.2) is 25.2 Å². The van der Waals surface area contributed by atoms with Gasteiger partial charge in [0.2, 0.25) is 0 Å². The fourth-order valence-corrected chi connectivity index (χ4v) is 2.86. The van der Waals surface area contributed by atoms with Crippen molar-refractivity contribution in [2.45, 2.75) is 18.9 Å². The van der Waals surface area contributed by atoms with Gasteiger partial charge in [-0.05, 0) is 35.4 Å². The van der Waals surface area contributed by atoms with Crippen molar-refractivity contribution in [3.05, 3.63) is 62.6 Å². The van der Waals surface area contributed by atoms with Crippen molar-refractivity contribution in [1.82, 2.24) is 0 Å². The van der Waals surface area contributed by atoms with E-state index in [1.165, 1.54) is 13.2 Å². The van der Waals surface area contributed by atoms with E-state index in [4.69, 9.17) is 39.5 Å². The molecule has 2 aromatic carbocycles. The van der Waals surface area contributed by atoms with Crippen molar-refractivity contribution in [3.63, 3.8) is 0 Å². The minimum Gasteiger partial charge on any atom is -0.547 e. The molecule has 0 saturated heterocycles. The van der Waals surface area contributed by atoms with Crippen LogP contribution in [-0.2, 0) is 20.7 Å². The molecule has 0 bridgehead atoms. The molecule has 5 nitrogen and oxygen atoms in total. The predicted octanol–water partition coefficient (Wildman–Crippen LogP) is 3.30. The number of ether oxygens (including phenoxy) is 2. The lowest BCUT2D eigenvalue weighted by Gasteiger charge is -2.16. The van der Waals surface area contributed by atoms with Crippen LogP contribution in [0, 0.1) is 0 Å². The molecule has 0 amide bonds. The molecule has 0 N–H and O–H groups in total. The Morgan fingerprint density at radius 1 is 1.04 bits per heavy atom. The molecule has 2 aromatic rings. The molecule has 26 heavy (non-hydrogen) atoms.